The zero-order valence-corrected chi connectivity index (χ0v) is 17.5. The van der Waals surface area contributed by atoms with E-state index in [2.05, 4.69) is 0 Å². The molecule has 1 aromatic carbocycles. The Kier molecular flexibility index (Phi) is 7.14. The number of carbonyl (C=O) groups is 2. The molecule has 0 saturated heterocycles. The number of fused-ring (bicyclic) bond motifs is 1. The van der Waals surface area contributed by atoms with Gasteiger partial charge in [-0.1, -0.05) is 41.5 Å². The van der Waals surface area contributed by atoms with Crippen LogP contribution in [0.5, 0.6) is 5.75 Å². The average molecular weight is 383 g/mol. The van der Waals surface area contributed by atoms with Gasteiger partial charge in [0.25, 0.3) is 5.79 Å². The predicted molar refractivity (Wildman–Crippen MR) is 112 cm³/mol. The van der Waals surface area contributed by atoms with Gasteiger partial charge in [-0.3, -0.25) is 9.59 Å². The molecule has 0 amide bonds. The van der Waals surface area contributed by atoms with E-state index in [1.54, 1.807) is 6.07 Å². The van der Waals surface area contributed by atoms with Gasteiger partial charge in [-0.15, -0.1) is 0 Å². The molecule has 0 unspecified atom stereocenters. The number of aliphatic hydroxyl groups is 1. The third-order valence-electron chi connectivity index (χ3n) is 4.95. The molecule has 0 fully saturated rings. The highest BCUT2D eigenvalue weighted by molar-refractivity contribution is 6.07. The summed E-state index contributed by atoms with van der Waals surface area (Å²) in [6.07, 6.45) is 7.76. The third kappa shape index (κ3) is 5.29. The lowest BCUT2D eigenvalue weighted by molar-refractivity contribution is -0.114. The molecule has 0 radical (unpaired) electrons. The first-order chi connectivity index (χ1) is 13.1. The van der Waals surface area contributed by atoms with Crippen LogP contribution in [0.25, 0.3) is 0 Å². The van der Waals surface area contributed by atoms with E-state index >= 15 is 0 Å². The number of Topliss-reactive ketones (excluding diaryl/α,β-unsaturated/α-hetero) is 2. The van der Waals surface area contributed by atoms with Gasteiger partial charge in [-0.25, -0.2) is 0 Å². The fourth-order valence-corrected chi connectivity index (χ4v) is 3.08. The third-order valence-corrected chi connectivity index (χ3v) is 4.95. The van der Waals surface area contributed by atoms with Crippen molar-refractivity contribution in [3.05, 3.63) is 64.3 Å². The second-order valence-electron chi connectivity index (χ2n) is 7.75. The minimum absolute atomic E-state index is 0.105. The standard InChI is InChI=1S/C24H30O4/c1-16(2)12-13-20(25)18(4)9-6-8-17(3)14-15-24(27)23(26)22-19(5)10-7-11-21(22)28-24/h7,9-12,14,27H,6,8,13,15H2,1-5H3/b17-14+,18-9+/t24-/m1/s1. The van der Waals surface area contributed by atoms with Crippen molar-refractivity contribution < 1.29 is 19.4 Å². The molecule has 28 heavy (non-hydrogen) atoms. The van der Waals surface area contributed by atoms with Gasteiger partial charge in [0.2, 0.25) is 5.78 Å². The fraction of sp³-hybridized carbons (Fsp3) is 0.417. The number of carbonyl (C=O) groups excluding carboxylic acids is 2. The molecule has 150 valence electrons. The van der Waals surface area contributed by atoms with E-state index in [9.17, 15) is 14.7 Å². The van der Waals surface area contributed by atoms with Crippen LogP contribution in [0.3, 0.4) is 0 Å². The molecule has 4 nitrogen and oxygen atoms in total. The van der Waals surface area contributed by atoms with Crippen LogP contribution >= 0.6 is 0 Å². The van der Waals surface area contributed by atoms with Crippen LogP contribution in [-0.4, -0.2) is 22.5 Å². The van der Waals surface area contributed by atoms with E-state index in [1.165, 1.54) is 0 Å². The zero-order valence-electron chi connectivity index (χ0n) is 17.5. The average Bonchev–Trinajstić information content (AvgIpc) is 2.90. The number of benzene rings is 1. The minimum Gasteiger partial charge on any atom is -0.453 e. The van der Waals surface area contributed by atoms with Crippen molar-refractivity contribution in [3.63, 3.8) is 0 Å². The molecule has 1 atom stereocenters. The highest BCUT2D eigenvalue weighted by Crippen LogP contribution is 2.37. The maximum absolute atomic E-state index is 12.6. The molecule has 1 heterocycles. The molecule has 1 N–H and O–H groups in total. The Morgan fingerprint density at radius 3 is 2.50 bits per heavy atom. The highest BCUT2D eigenvalue weighted by Gasteiger charge is 2.46. The molecule has 0 saturated carbocycles. The Morgan fingerprint density at radius 2 is 1.86 bits per heavy atom. The number of rotatable bonds is 8. The van der Waals surface area contributed by atoms with Crippen LogP contribution in [-0.2, 0) is 4.79 Å². The van der Waals surface area contributed by atoms with Gasteiger partial charge in [0.1, 0.15) is 5.75 Å². The van der Waals surface area contributed by atoms with Crippen molar-refractivity contribution in [1.82, 2.24) is 0 Å². The van der Waals surface area contributed by atoms with Gasteiger partial charge in [0.05, 0.1) is 5.56 Å². The van der Waals surface area contributed by atoms with Crippen molar-refractivity contribution in [2.75, 3.05) is 0 Å². The van der Waals surface area contributed by atoms with Crippen LogP contribution in [0.4, 0.5) is 0 Å². The summed E-state index contributed by atoms with van der Waals surface area (Å²) >= 11 is 0. The van der Waals surface area contributed by atoms with Crippen LogP contribution in [0.1, 0.15) is 69.3 Å². The van der Waals surface area contributed by atoms with Gasteiger partial charge in [-0.2, -0.15) is 0 Å². The topological polar surface area (TPSA) is 63.6 Å². The second kappa shape index (κ2) is 9.16. The van der Waals surface area contributed by atoms with Crippen molar-refractivity contribution >= 4 is 11.6 Å². The fourth-order valence-electron chi connectivity index (χ4n) is 3.08. The molecular weight excluding hydrogens is 352 g/mol. The molecule has 0 aromatic heterocycles. The number of allylic oxidation sites excluding steroid dienone is 5. The molecule has 1 aliphatic heterocycles. The summed E-state index contributed by atoms with van der Waals surface area (Å²) in [5.41, 5.74) is 4.21. The zero-order chi connectivity index (χ0) is 20.9. The van der Waals surface area contributed by atoms with E-state index in [0.717, 1.165) is 35.1 Å². The van der Waals surface area contributed by atoms with Crippen LogP contribution in [0.2, 0.25) is 0 Å². The summed E-state index contributed by atoms with van der Waals surface area (Å²) in [5, 5.41) is 10.7. The molecule has 0 aliphatic carbocycles. The summed E-state index contributed by atoms with van der Waals surface area (Å²) in [7, 11) is 0. The van der Waals surface area contributed by atoms with Crippen molar-refractivity contribution in [1.29, 1.82) is 0 Å². The minimum atomic E-state index is -1.83. The Labute approximate surface area is 167 Å². The number of aryl methyl sites for hydroxylation is 1. The Hall–Kier alpha value is -2.46. The highest BCUT2D eigenvalue weighted by atomic mass is 16.6. The van der Waals surface area contributed by atoms with Gasteiger partial charge < -0.3 is 9.84 Å². The van der Waals surface area contributed by atoms with Gasteiger partial charge >= 0.3 is 0 Å². The lowest BCUT2D eigenvalue weighted by Gasteiger charge is -2.19. The van der Waals surface area contributed by atoms with Gasteiger partial charge in [0.15, 0.2) is 5.78 Å². The van der Waals surface area contributed by atoms with Crippen molar-refractivity contribution in [3.8, 4) is 5.75 Å². The number of hydrogen-bond donors (Lipinski definition) is 1. The second-order valence-corrected chi connectivity index (χ2v) is 7.75. The summed E-state index contributed by atoms with van der Waals surface area (Å²) in [6, 6.07) is 5.34. The maximum atomic E-state index is 12.6. The number of ketones is 2. The van der Waals surface area contributed by atoms with Crippen LogP contribution in [0.15, 0.2) is 53.1 Å². The smallest absolute Gasteiger partial charge is 0.276 e. The van der Waals surface area contributed by atoms with Gasteiger partial charge in [-0.05, 0) is 64.7 Å². The normalized spacial score (nSPS) is 19.3. The lowest BCUT2D eigenvalue weighted by atomic mass is 9.98. The summed E-state index contributed by atoms with van der Waals surface area (Å²) in [6.45, 7) is 9.59. The first kappa shape index (κ1) is 21.8. The lowest BCUT2D eigenvalue weighted by Crippen LogP contribution is -2.39. The summed E-state index contributed by atoms with van der Waals surface area (Å²) in [5.74, 6) is -1.64. The molecule has 0 bridgehead atoms. The first-order valence-electron chi connectivity index (χ1n) is 9.69. The monoisotopic (exact) mass is 382 g/mol. The number of hydrogen-bond acceptors (Lipinski definition) is 4. The Bertz CT molecular complexity index is 853. The van der Waals surface area contributed by atoms with Crippen molar-refractivity contribution in [2.45, 2.75) is 66.1 Å². The first-order valence-corrected chi connectivity index (χ1v) is 9.69. The molecule has 0 spiro atoms. The van der Waals surface area contributed by atoms with Crippen molar-refractivity contribution in [2.24, 2.45) is 0 Å². The largest absolute Gasteiger partial charge is 0.453 e. The van der Waals surface area contributed by atoms with E-state index in [1.807, 2.05) is 65.0 Å². The Morgan fingerprint density at radius 1 is 1.14 bits per heavy atom. The summed E-state index contributed by atoms with van der Waals surface area (Å²) < 4.78 is 5.56. The molecule has 2 rings (SSSR count). The van der Waals surface area contributed by atoms with Crippen LogP contribution < -0.4 is 4.74 Å². The summed E-state index contributed by atoms with van der Waals surface area (Å²) in [4.78, 5) is 24.6. The molecule has 4 heteroatoms. The maximum Gasteiger partial charge on any atom is 0.276 e. The number of ether oxygens (including phenoxy) is 1. The van der Waals surface area contributed by atoms with E-state index < -0.39 is 5.79 Å². The molecule has 1 aliphatic rings. The molecular formula is C24H30O4. The van der Waals surface area contributed by atoms with E-state index in [0.29, 0.717) is 17.7 Å². The van der Waals surface area contributed by atoms with Crippen LogP contribution in [0, 0.1) is 6.92 Å². The molecule has 1 aromatic rings. The Balaban J connectivity index is 1.92. The predicted octanol–water partition coefficient (Wildman–Crippen LogP) is 5.25. The van der Waals surface area contributed by atoms with E-state index in [4.69, 9.17) is 4.74 Å². The van der Waals surface area contributed by atoms with E-state index in [-0.39, 0.29) is 18.0 Å². The quantitative estimate of drug-likeness (QED) is 0.493. The van der Waals surface area contributed by atoms with Gasteiger partial charge in [0, 0.05) is 12.8 Å². The SMILES string of the molecule is CC(C)=CCC(=O)/C(C)=C/CC/C(C)=C/C[C@@]1(O)Oc2cccc(C)c2C1=O.